The van der Waals surface area contributed by atoms with Gasteiger partial charge in [0, 0.05) is 31.8 Å². The van der Waals surface area contributed by atoms with E-state index in [4.69, 9.17) is 0 Å². The highest BCUT2D eigenvalue weighted by molar-refractivity contribution is 5.99. The normalized spacial score (nSPS) is 16.6. The lowest BCUT2D eigenvalue weighted by molar-refractivity contribution is -0.133. The monoisotopic (exact) mass is 295 g/mol. The van der Waals surface area contributed by atoms with Crippen LogP contribution in [0.5, 0.6) is 0 Å². The minimum Gasteiger partial charge on any atom is -0.343 e. The molecule has 1 rings (SSSR count). The van der Waals surface area contributed by atoms with Crippen LogP contribution in [0.2, 0.25) is 0 Å². The van der Waals surface area contributed by atoms with Crippen molar-refractivity contribution in [3.05, 3.63) is 0 Å². The Morgan fingerprint density at radius 2 is 1.62 bits per heavy atom. The Morgan fingerprint density at radius 3 is 2.10 bits per heavy atom. The van der Waals surface area contributed by atoms with Gasteiger partial charge in [-0.3, -0.25) is 14.4 Å². The van der Waals surface area contributed by atoms with E-state index in [1.54, 1.807) is 0 Å². The maximum atomic E-state index is 12.0. The van der Waals surface area contributed by atoms with Crippen molar-refractivity contribution in [2.45, 2.75) is 59.8 Å². The van der Waals surface area contributed by atoms with E-state index in [9.17, 15) is 14.4 Å². The van der Waals surface area contributed by atoms with Crippen LogP contribution in [-0.4, -0.2) is 35.5 Å². The summed E-state index contributed by atoms with van der Waals surface area (Å²) in [6.07, 6.45) is 2.93. The van der Waals surface area contributed by atoms with Crippen LogP contribution in [0.4, 0.5) is 0 Å². The Hall–Kier alpha value is -1.19. The van der Waals surface area contributed by atoms with Crippen molar-refractivity contribution >= 4 is 17.5 Å². The van der Waals surface area contributed by atoms with Crippen molar-refractivity contribution in [2.24, 2.45) is 17.8 Å². The first-order valence-corrected chi connectivity index (χ1v) is 8.11. The maximum Gasteiger partial charge on any atom is 0.222 e. The summed E-state index contributed by atoms with van der Waals surface area (Å²) in [5.41, 5.74) is 0. The first-order valence-electron chi connectivity index (χ1n) is 8.11. The van der Waals surface area contributed by atoms with Gasteiger partial charge in [0.2, 0.25) is 5.91 Å². The van der Waals surface area contributed by atoms with E-state index >= 15 is 0 Å². The summed E-state index contributed by atoms with van der Waals surface area (Å²) in [6, 6.07) is 0. The zero-order valence-electron chi connectivity index (χ0n) is 13.9. The first-order chi connectivity index (χ1) is 9.79. The summed E-state index contributed by atoms with van der Waals surface area (Å²) in [5, 5.41) is 0. The first kappa shape index (κ1) is 17.9. The molecule has 0 atom stereocenters. The van der Waals surface area contributed by atoms with Crippen molar-refractivity contribution in [1.82, 2.24) is 4.90 Å². The van der Waals surface area contributed by atoms with E-state index in [1.807, 2.05) is 18.7 Å². The smallest absolute Gasteiger partial charge is 0.222 e. The minimum absolute atomic E-state index is 0.0320. The molecule has 0 N–H and O–H groups in total. The van der Waals surface area contributed by atoms with Gasteiger partial charge in [0.25, 0.3) is 0 Å². The van der Waals surface area contributed by atoms with Gasteiger partial charge in [-0.05, 0) is 24.7 Å². The lowest BCUT2D eigenvalue weighted by atomic mass is 9.89. The molecule has 1 heterocycles. The van der Waals surface area contributed by atoms with Crippen LogP contribution in [0.3, 0.4) is 0 Å². The molecule has 1 saturated heterocycles. The van der Waals surface area contributed by atoms with Gasteiger partial charge < -0.3 is 4.90 Å². The van der Waals surface area contributed by atoms with Crippen molar-refractivity contribution < 1.29 is 14.4 Å². The number of piperidine rings is 1. The third-order valence-corrected chi connectivity index (χ3v) is 4.08. The van der Waals surface area contributed by atoms with Gasteiger partial charge in [-0.2, -0.15) is 0 Å². The molecule has 1 fully saturated rings. The van der Waals surface area contributed by atoms with E-state index in [0.29, 0.717) is 24.7 Å². The number of likely N-dealkylation sites (tertiary alicyclic amines) is 1. The molecule has 0 aromatic heterocycles. The average Bonchev–Trinajstić information content (AvgIpc) is 2.38. The van der Waals surface area contributed by atoms with E-state index in [0.717, 1.165) is 25.9 Å². The molecule has 21 heavy (non-hydrogen) atoms. The number of hydrogen-bond acceptors (Lipinski definition) is 3. The summed E-state index contributed by atoms with van der Waals surface area (Å²) in [4.78, 5) is 37.3. The molecule has 0 saturated carbocycles. The highest BCUT2D eigenvalue weighted by Gasteiger charge is 2.25. The molecule has 4 nitrogen and oxygen atoms in total. The molecule has 0 bridgehead atoms. The number of carbonyl (C=O) groups excluding carboxylic acids is 3. The predicted molar refractivity (Wildman–Crippen MR) is 82.8 cm³/mol. The fourth-order valence-electron chi connectivity index (χ4n) is 2.66. The van der Waals surface area contributed by atoms with Crippen molar-refractivity contribution in [2.75, 3.05) is 13.1 Å². The number of ketones is 2. The number of carbonyl (C=O) groups is 3. The van der Waals surface area contributed by atoms with Gasteiger partial charge in [-0.15, -0.1) is 0 Å². The Balaban J connectivity index is 2.31. The van der Waals surface area contributed by atoms with E-state index in [1.165, 1.54) is 0 Å². The molecule has 0 aromatic carbocycles. The van der Waals surface area contributed by atoms with Crippen molar-refractivity contribution in [3.8, 4) is 0 Å². The van der Waals surface area contributed by atoms with Crippen molar-refractivity contribution in [3.63, 3.8) is 0 Å². The topological polar surface area (TPSA) is 54.5 Å². The molecular weight excluding hydrogens is 266 g/mol. The van der Waals surface area contributed by atoms with E-state index in [-0.39, 0.29) is 29.8 Å². The van der Waals surface area contributed by atoms with Gasteiger partial charge in [-0.25, -0.2) is 0 Å². The molecule has 1 amide bonds. The molecule has 4 heteroatoms. The summed E-state index contributed by atoms with van der Waals surface area (Å²) < 4.78 is 0. The fraction of sp³-hybridized carbons (Fsp3) is 0.824. The number of hydrogen-bond donors (Lipinski definition) is 0. The molecule has 0 unspecified atom stereocenters. The summed E-state index contributed by atoms with van der Waals surface area (Å²) in [5.74, 6) is 0.971. The van der Waals surface area contributed by atoms with Crippen LogP contribution in [0.15, 0.2) is 0 Å². The number of Topliss-reactive ketones (excluding diaryl/α,β-unsaturated/α-hetero) is 2. The molecule has 0 spiro atoms. The summed E-state index contributed by atoms with van der Waals surface area (Å²) in [7, 11) is 0. The van der Waals surface area contributed by atoms with Crippen LogP contribution in [-0.2, 0) is 14.4 Å². The number of amides is 1. The van der Waals surface area contributed by atoms with Crippen LogP contribution < -0.4 is 0 Å². The second-order valence-corrected chi connectivity index (χ2v) is 6.96. The quantitative estimate of drug-likeness (QED) is 0.679. The lowest BCUT2D eigenvalue weighted by Gasteiger charge is -2.32. The SMILES string of the molecule is CC(C)CC(=O)N1CCC(CC(=O)CC(=O)C(C)C)CC1. The fourth-order valence-corrected chi connectivity index (χ4v) is 2.66. The molecule has 1 aliphatic rings. The molecular formula is C17H29NO3. The van der Waals surface area contributed by atoms with Gasteiger partial charge in [0.1, 0.15) is 11.6 Å². The highest BCUT2D eigenvalue weighted by Crippen LogP contribution is 2.22. The van der Waals surface area contributed by atoms with Crippen LogP contribution in [0, 0.1) is 17.8 Å². The molecule has 0 radical (unpaired) electrons. The summed E-state index contributed by atoms with van der Waals surface area (Å²) in [6.45, 7) is 9.26. The van der Waals surface area contributed by atoms with Gasteiger partial charge in [0.05, 0.1) is 6.42 Å². The van der Waals surface area contributed by atoms with Gasteiger partial charge >= 0.3 is 0 Å². The Morgan fingerprint density at radius 1 is 1.05 bits per heavy atom. The van der Waals surface area contributed by atoms with E-state index in [2.05, 4.69) is 13.8 Å². The van der Waals surface area contributed by atoms with Gasteiger partial charge in [-0.1, -0.05) is 27.7 Å². The Kier molecular flexibility index (Phi) is 7.06. The Bertz CT molecular complexity index is 379. The Labute approximate surface area is 128 Å². The van der Waals surface area contributed by atoms with Crippen molar-refractivity contribution in [1.29, 1.82) is 0 Å². The third-order valence-electron chi connectivity index (χ3n) is 4.08. The molecule has 0 aliphatic carbocycles. The van der Waals surface area contributed by atoms with Crippen LogP contribution in [0.1, 0.15) is 59.8 Å². The van der Waals surface area contributed by atoms with Gasteiger partial charge in [0.15, 0.2) is 0 Å². The molecule has 0 aromatic rings. The minimum atomic E-state index is -0.0653. The third kappa shape index (κ3) is 6.40. The summed E-state index contributed by atoms with van der Waals surface area (Å²) >= 11 is 0. The average molecular weight is 295 g/mol. The second kappa shape index (κ2) is 8.30. The van der Waals surface area contributed by atoms with Crippen LogP contribution in [0.25, 0.3) is 0 Å². The standard InChI is InChI=1S/C17H29NO3/c1-12(2)9-17(21)18-7-5-14(6-8-18)10-15(19)11-16(20)13(3)4/h12-14H,5-11H2,1-4H3. The lowest BCUT2D eigenvalue weighted by Crippen LogP contribution is -2.39. The number of rotatable bonds is 7. The second-order valence-electron chi connectivity index (χ2n) is 6.96. The molecule has 120 valence electrons. The molecule has 1 aliphatic heterocycles. The van der Waals surface area contributed by atoms with Crippen LogP contribution >= 0.6 is 0 Å². The zero-order chi connectivity index (χ0) is 16.0. The largest absolute Gasteiger partial charge is 0.343 e. The predicted octanol–water partition coefficient (Wildman–Crippen LogP) is 2.85. The van der Waals surface area contributed by atoms with E-state index < -0.39 is 0 Å². The highest BCUT2D eigenvalue weighted by atomic mass is 16.2. The maximum absolute atomic E-state index is 12.0. The zero-order valence-corrected chi connectivity index (χ0v) is 13.9. The number of nitrogens with zero attached hydrogens (tertiary/aromatic N) is 1.